The molecule has 2 amide bonds. The molecule has 5 rings (SSSR count). The minimum absolute atomic E-state index is 0.178. The van der Waals surface area contributed by atoms with E-state index in [-0.39, 0.29) is 6.03 Å². The van der Waals surface area contributed by atoms with Crippen molar-refractivity contribution < 1.29 is 4.79 Å². The summed E-state index contributed by atoms with van der Waals surface area (Å²) in [4.78, 5) is 26.7. The van der Waals surface area contributed by atoms with E-state index in [1.165, 1.54) is 0 Å². The molecule has 0 atom stereocenters. The zero-order valence-electron chi connectivity index (χ0n) is 21.2. The van der Waals surface area contributed by atoms with Crippen molar-refractivity contribution in [3.05, 3.63) is 69.6 Å². The number of aromatic nitrogens is 4. The van der Waals surface area contributed by atoms with E-state index in [4.69, 9.17) is 44.8 Å². The molecule has 0 aliphatic carbocycles. The Kier molecular flexibility index (Phi) is 7.93. The van der Waals surface area contributed by atoms with E-state index in [1.54, 1.807) is 29.3 Å². The number of rotatable bonds is 6. The van der Waals surface area contributed by atoms with Gasteiger partial charge in [-0.25, -0.2) is 19.4 Å². The lowest BCUT2D eigenvalue weighted by atomic mass is 10.1. The van der Waals surface area contributed by atoms with E-state index in [2.05, 4.69) is 29.2 Å². The van der Waals surface area contributed by atoms with Gasteiger partial charge in [0, 0.05) is 43.3 Å². The number of nitrogens with one attached hydrogen (secondary N) is 1. The highest BCUT2D eigenvalue weighted by Gasteiger charge is 2.25. The Morgan fingerprint density at radius 2 is 1.79 bits per heavy atom. The van der Waals surface area contributed by atoms with Crippen LogP contribution in [-0.2, 0) is 6.42 Å². The standard InChI is InChI=1S/C27H28Cl3N7O/c1-17(2)6-9-24-33-25(21-16-31-37(26(21)34-24)20-5-3-4-18(28)14-20)35-10-12-36(13-11-35)27(38)32-19-7-8-22(29)23(30)15-19/h3-5,7-8,14-17H,6,9-13H2,1-2H3,(H,32,38). The fourth-order valence-corrected chi connectivity index (χ4v) is 4.88. The molecule has 1 N–H and O–H groups in total. The third-order valence-corrected chi connectivity index (χ3v) is 7.46. The van der Waals surface area contributed by atoms with Crippen LogP contribution in [0.25, 0.3) is 16.7 Å². The molecule has 3 heterocycles. The summed E-state index contributed by atoms with van der Waals surface area (Å²) in [7, 11) is 0. The van der Waals surface area contributed by atoms with Crippen molar-refractivity contribution in [2.75, 3.05) is 36.4 Å². The predicted molar refractivity (Wildman–Crippen MR) is 154 cm³/mol. The molecule has 0 radical (unpaired) electrons. The van der Waals surface area contributed by atoms with E-state index < -0.39 is 0 Å². The van der Waals surface area contributed by atoms with Gasteiger partial charge in [-0.3, -0.25) is 0 Å². The number of hydrogen-bond donors (Lipinski definition) is 1. The number of halogens is 3. The number of aryl methyl sites for hydroxylation is 1. The smallest absolute Gasteiger partial charge is 0.321 e. The van der Waals surface area contributed by atoms with Gasteiger partial charge in [-0.05, 0) is 48.7 Å². The lowest BCUT2D eigenvalue weighted by Gasteiger charge is -2.35. The predicted octanol–water partition coefficient (Wildman–Crippen LogP) is 6.72. The molecule has 1 saturated heterocycles. The number of anilines is 2. The van der Waals surface area contributed by atoms with E-state index in [0.29, 0.717) is 52.9 Å². The lowest BCUT2D eigenvalue weighted by molar-refractivity contribution is 0.208. The molecule has 0 unspecified atom stereocenters. The maximum absolute atomic E-state index is 12.9. The highest BCUT2D eigenvalue weighted by Crippen LogP contribution is 2.29. The third-order valence-electron chi connectivity index (χ3n) is 6.49. The lowest BCUT2D eigenvalue weighted by Crippen LogP contribution is -2.50. The zero-order chi connectivity index (χ0) is 26.8. The summed E-state index contributed by atoms with van der Waals surface area (Å²) in [6, 6.07) is 12.4. The molecular weight excluding hydrogens is 545 g/mol. The van der Waals surface area contributed by atoms with Gasteiger partial charge in [0.2, 0.25) is 0 Å². The highest BCUT2D eigenvalue weighted by molar-refractivity contribution is 6.42. The maximum atomic E-state index is 12.9. The van der Waals surface area contributed by atoms with Gasteiger partial charge in [0.05, 0.1) is 27.3 Å². The van der Waals surface area contributed by atoms with Crippen LogP contribution >= 0.6 is 34.8 Å². The molecule has 11 heteroatoms. The number of carbonyl (C=O) groups excluding carboxylic acids is 1. The van der Waals surface area contributed by atoms with Crippen LogP contribution in [0.5, 0.6) is 0 Å². The summed E-state index contributed by atoms with van der Waals surface area (Å²) in [6.07, 6.45) is 3.56. The van der Waals surface area contributed by atoms with Gasteiger partial charge in [0.25, 0.3) is 0 Å². The highest BCUT2D eigenvalue weighted by atomic mass is 35.5. The molecule has 2 aromatic carbocycles. The Bertz CT molecular complexity index is 1460. The van der Waals surface area contributed by atoms with Crippen molar-refractivity contribution in [3.8, 4) is 5.69 Å². The summed E-state index contributed by atoms with van der Waals surface area (Å²) >= 11 is 18.3. The van der Waals surface area contributed by atoms with Gasteiger partial charge < -0.3 is 15.1 Å². The Hall–Kier alpha value is -3.07. The number of urea groups is 1. The van der Waals surface area contributed by atoms with Crippen LogP contribution < -0.4 is 10.2 Å². The number of fused-ring (bicyclic) bond motifs is 1. The van der Waals surface area contributed by atoms with E-state index >= 15 is 0 Å². The summed E-state index contributed by atoms with van der Waals surface area (Å²) in [5, 5.41) is 9.88. The second-order valence-corrected chi connectivity index (χ2v) is 11.0. The second-order valence-electron chi connectivity index (χ2n) is 9.70. The molecule has 0 spiro atoms. The van der Waals surface area contributed by atoms with Crippen molar-refractivity contribution in [2.24, 2.45) is 5.92 Å². The van der Waals surface area contributed by atoms with Gasteiger partial charge in [-0.2, -0.15) is 5.10 Å². The van der Waals surface area contributed by atoms with E-state index in [1.807, 2.05) is 28.9 Å². The maximum Gasteiger partial charge on any atom is 0.321 e. The Labute approximate surface area is 236 Å². The normalized spacial score (nSPS) is 13.9. The van der Waals surface area contributed by atoms with Crippen LogP contribution in [-0.4, -0.2) is 56.9 Å². The number of nitrogens with zero attached hydrogens (tertiary/aromatic N) is 6. The summed E-state index contributed by atoms with van der Waals surface area (Å²) < 4.78 is 1.81. The summed E-state index contributed by atoms with van der Waals surface area (Å²) in [5.41, 5.74) is 2.19. The van der Waals surface area contributed by atoms with E-state index in [0.717, 1.165) is 41.2 Å². The molecule has 2 aromatic heterocycles. The largest absolute Gasteiger partial charge is 0.352 e. The second kappa shape index (κ2) is 11.4. The molecule has 1 aliphatic rings. The number of amides is 2. The topological polar surface area (TPSA) is 79.2 Å². The average molecular weight is 573 g/mol. The van der Waals surface area contributed by atoms with Crippen LogP contribution in [0.1, 0.15) is 26.1 Å². The first kappa shape index (κ1) is 26.5. The van der Waals surface area contributed by atoms with Gasteiger partial charge in [-0.1, -0.05) is 54.7 Å². The Morgan fingerprint density at radius 1 is 1.00 bits per heavy atom. The van der Waals surface area contributed by atoms with E-state index in [9.17, 15) is 4.79 Å². The van der Waals surface area contributed by atoms with Crippen LogP contribution in [0.3, 0.4) is 0 Å². The average Bonchev–Trinajstić information content (AvgIpc) is 3.33. The quantitative estimate of drug-likeness (QED) is 0.277. The first-order valence-electron chi connectivity index (χ1n) is 12.5. The number of carbonyl (C=O) groups is 1. The minimum atomic E-state index is -0.178. The van der Waals surface area contributed by atoms with Crippen molar-refractivity contribution in [2.45, 2.75) is 26.7 Å². The molecular formula is C27H28Cl3N7O. The SMILES string of the molecule is CC(C)CCc1nc(N2CCN(C(=O)Nc3ccc(Cl)c(Cl)c3)CC2)c2cnn(-c3cccc(Cl)c3)c2n1. The van der Waals surface area contributed by atoms with Crippen molar-refractivity contribution in [1.29, 1.82) is 0 Å². The van der Waals surface area contributed by atoms with Gasteiger partial charge in [0.1, 0.15) is 11.6 Å². The summed E-state index contributed by atoms with van der Waals surface area (Å²) in [5.74, 6) is 2.16. The molecule has 4 aromatic rings. The first-order valence-corrected chi connectivity index (χ1v) is 13.7. The molecule has 1 aliphatic heterocycles. The minimum Gasteiger partial charge on any atom is -0.352 e. The number of piperazine rings is 1. The molecule has 0 bridgehead atoms. The van der Waals surface area contributed by atoms with Crippen LogP contribution in [0.15, 0.2) is 48.7 Å². The molecule has 0 saturated carbocycles. The molecule has 38 heavy (non-hydrogen) atoms. The Morgan fingerprint density at radius 3 is 2.50 bits per heavy atom. The third kappa shape index (κ3) is 5.82. The molecule has 8 nitrogen and oxygen atoms in total. The van der Waals surface area contributed by atoms with Crippen LogP contribution in [0.2, 0.25) is 15.1 Å². The van der Waals surface area contributed by atoms with Gasteiger partial charge in [0.15, 0.2) is 5.65 Å². The molecule has 198 valence electrons. The van der Waals surface area contributed by atoms with Gasteiger partial charge >= 0.3 is 6.03 Å². The first-order chi connectivity index (χ1) is 18.3. The monoisotopic (exact) mass is 571 g/mol. The fourth-order valence-electron chi connectivity index (χ4n) is 4.40. The fraction of sp³-hybridized carbons (Fsp3) is 0.333. The van der Waals surface area contributed by atoms with Crippen molar-refractivity contribution >= 4 is 63.4 Å². The van der Waals surface area contributed by atoms with Crippen molar-refractivity contribution in [3.63, 3.8) is 0 Å². The van der Waals surface area contributed by atoms with Crippen molar-refractivity contribution in [1.82, 2.24) is 24.6 Å². The summed E-state index contributed by atoms with van der Waals surface area (Å²) in [6.45, 7) is 6.74. The van der Waals surface area contributed by atoms with Crippen LogP contribution in [0, 0.1) is 5.92 Å². The zero-order valence-corrected chi connectivity index (χ0v) is 23.4. The number of hydrogen-bond acceptors (Lipinski definition) is 5. The Balaban J connectivity index is 1.38. The van der Waals surface area contributed by atoms with Crippen LogP contribution in [0.4, 0.5) is 16.3 Å². The molecule has 1 fully saturated rings. The van der Waals surface area contributed by atoms with Gasteiger partial charge in [-0.15, -0.1) is 0 Å². The number of benzene rings is 2.